The van der Waals surface area contributed by atoms with Crippen LogP contribution < -0.4 is 10.1 Å². The lowest BCUT2D eigenvalue weighted by Gasteiger charge is -2.15. The van der Waals surface area contributed by atoms with E-state index in [2.05, 4.69) is 5.32 Å². The van der Waals surface area contributed by atoms with Crippen molar-refractivity contribution in [2.24, 2.45) is 0 Å². The van der Waals surface area contributed by atoms with E-state index < -0.39 is 39.0 Å². The lowest BCUT2D eigenvalue weighted by atomic mass is 10.1. The zero-order valence-electron chi connectivity index (χ0n) is 17.6. The average molecular weight is 473 g/mol. The molecule has 0 aliphatic carbocycles. The first kappa shape index (κ1) is 23.7. The number of rotatable bonds is 6. The Labute approximate surface area is 189 Å². The van der Waals surface area contributed by atoms with Gasteiger partial charge in [0.2, 0.25) is 0 Å². The number of aliphatic carboxylic acids is 1. The number of benzene rings is 3. The normalized spacial score (nSPS) is 11.1. The van der Waals surface area contributed by atoms with Crippen LogP contribution >= 0.6 is 0 Å². The number of ether oxygens (including phenoxy) is 1. The van der Waals surface area contributed by atoms with Crippen LogP contribution in [0.15, 0.2) is 59.5 Å². The van der Waals surface area contributed by atoms with E-state index in [-0.39, 0.29) is 16.3 Å². The van der Waals surface area contributed by atoms with E-state index in [0.717, 1.165) is 12.1 Å². The number of amides is 1. The van der Waals surface area contributed by atoms with Crippen molar-refractivity contribution < 1.29 is 37.3 Å². The third-order valence-electron chi connectivity index (χ3n) is 4.67. The molecule has 33 heavy (non-hydrogen) atoms. The van der Waals surface area contributed by atoms with E-state index in [1.165, 1.54) is 42.5 Å². The Kier molecular flexibility index (Phi) is 6.68. The summed E-state index contributed by atoms with van der Waals surface area (Å²) in [5, 5.41) is 21.1. The van der Waals surface area contributed by atoms with Gasteiger partial charge in [0, 0.05) is 11.8 Å². The second kappa shape index (κ2) is 9.29. The Balaban J connectivity index is 1.88. The van der Waals surface area contributed by atoms with Crippen molar-refractivity contribution in [1.29, 1.82) is 0 Å². The smallest absolute Gasteiger partial charge is 0.394 e. The molecule has 0 unspecified atom stereocenters. The SMILES string of the molecule is Cc1cc(NC(=O)C(=O)O)cc(C)c1Oc1ccc(O)c(S(=O)(=O)Cc2ccc(F)cc2)c1. The number of halogens is 1. The molecule has 8 nitrogen and oxygen atoms in total. The zero-order chi connectivity index (χ0) is 24.3. The molecule has 0 spiro atoms. The highest BCUT2D eigenvalue weighted by Crippen LogP contribution is 2.35. The molecule has 1 amide bonds. The molecule has 172 valence electrons. The molecule has 3 aromatic carbocycles. The second-order valence-corrected chi connectivity index (χ2v) is 9.27. The van der Waals surface area contributed by atoms with E-state index in [1.807, 2.05) is 0 Å². The van der Waals surface area contributed by atoms with Crippen LogP contribution in [0, 0.1) is 19.7 Å². The van der Waals surface area contributed by atoms with Gasteiger partial charge < -0.3 is 20.3 Å². The van der Waals surface area contributed by atoms with Crippen LogP contribution in [-0.2, 0) is 25.2 Å². The zero-order valence-corrected chi connectivity index (χ0v) is 18.4. The maximum Gasteiger partial charge on any atom is 0.394 e. The van der Waals surface area contributed by atoms with Crippen molar-refractivity contribution in [3.8, 4) is 17.2 Å². The van der Waals surface area contributed by atoms with Crippen LogP contribution in [-0.4, -0.2) is 30.5 Å². The van der Waals surface area contributed by atoms with Gasteiger partial charge in [-0.05, 0) is 66.9 Å². The van der Waals surface area contributed by atoms with Gasteiger partial charge in [-0.3, -0.25) is 4.79 Å². The van der Waals surface area contributed by atoms with Crippen molar-refractivity contribution in [3.63, 3.8) is 0 Å². The number of carboxylic acids is 1. The minimum atomic E-state index is -3.98. The van der Waals surface area contributed by atoms with Crippen LogP contribution in [0.1, 0.15) is 16.7 Å². The minimum absolute atomic E-state index is 0.138. The lowest BCUT2D eigenvalue weighted by molar-refractivity contribution is -0.147. The largest absolute Gasteiger partial charge is 0.507 e. The first-order valence-electron chi connectivity index (χ1n) is 9.60. The van der Waals surface area contributed by atoms with Gasteiger partial charge in [-0.2, -0.15) is 0 Å². The number of carboxylic acid groups (broad SMARTS) is 1. The van der Waals surface area contributed by atoms with Gasteiger partial charge in [0.1, 0.15) is 28.0 Å². The van der Waals surface area contributed by atoms with Crippen LogP contribution in [0.5, 0.6) is 17.2 Å². The van der Waals surface area contributed by atoms with Crippen LogP contribution in [0.2, 0.25) is 0 Å². The Morgan fingerprint density at radius 1 is 1.00 bits per heavy atom. The summed E-state index contributed by atoms with van der Waals surface area (Å²) in [6.07, 6.45) is 0. The fraction of sp³-hybridized carbons (Fsp3) is 0.130. The summed E-state index contributed by atoms with van der Waals surface area (Å²) < 4.78 is 44.7. The molecule has 0 aliphatic rings. The predicted octanol–water partition coefficient (Wildman–Crippen LogP) is 3.94. The molecular formula is C23H20FNO7S. The Morgan fingerprint density at radius 2 is 1.61 bits per heavy atom. The number of aromatic hydroxyl groups is 1. The average Bonchev–Trinajstić information content (AvgIpc) is 2.73. The summed E-state index contributed by atoms with van der Waals surface area (Å²) in [6.45, 7) is 3.34. The molecule has 3 aromatic rings. The lowest BCUT2D eigenvalue weighted by Crippen LogP contribution is -2.21. The standard InChI is InChI=1S/C23H20FNO7S/c1-13-9-17(25-22(27)23(28)29)10-14(2)21(13)32-18-7-8-19(26)20(11-18)33(30,31)12-15-3-5-16(24)6-4-15/h3-11,26H,12H2,1-2H3,(H,25,27)(H,28,29). The van der Waals surface area contributed by atoms with Crippen molar-refractivity contribution in [3.05, 3.63) is 77.1 Å². The number of anilines is 1. The summed E-state index contributed by atoms with van der Waals surface area (Å²) in [4.78, 5) is 21.8. The maximum atomic E-state index is 13.1. The quantitative estimate of drug-likeness (QED) is 0.462. The van der Waals surface area contributed by atoms with Crippen molar-refractivity contribution >= 4 is 27.4 Å². The number of hydrogen-bond donors (Lipinski definition) is 3. The van der Waals surface area contributed by atoms with Gasteiger partial charge in [-0.25, -0.2) is 17.6 Å². The number of aryl methyl sites for hydroxylation is 2. The Hall–Kier alpha value is -3.92. The highest BCUT2D eigenvalue weighted by Gasteiger charge is 2.21. The van der Waals surface area contributed by atoms with E-state index >= 15 is 0 Å². The molecule has 0 heterocycles. The van der Waals surface area contributed by atoms with E-state index in [0.29, 0.717) is 22.4 Å². The number of carbonyl (C=O) groups excluding carboxylic acids is 1. The minimum Gasteiger partial charge on any atom is -0.507 e. The molecule has 0 atom stereocenters. The molecule has 10 heteroatoms. The number of hydrogen-bond acceptors (Lipinski definition) is 6. The molecule has 0 fully saturated rings. The molecule has 3 rings (SSSR count). The number of sulfone groups is 1. The third-order valence-corrected chi connectivity index (χ3v) is 6.38. The molecule has 0 aliphatic heterocycles. The Morgan fingerprint density at radius 3 is 2.18 bits per heavy atom. The topological polar surface area (TPSA) is 130 Å². The van der Waals surface area contributed by atoms with E-state index in [9.17, 15) is 27.5 Å². The maximum absolute atomic E-state index is 13.1. The molecular weight excluding hydrogens is 453 g/mol. The molecule has 0 saturated heterocycles. The van der Waals surface area contributed by atoms with Crippen molar-refractivity contribution in [2.45, 2.75) is 24.5 Å². The second-order valence-electron chi connectivity index (χ2n) is 7.32. The third kappa shape index (κ3) is 5.66. The van der Waals surface area contributed by atoms with Gasteiger partial charge in [0.05, 0.1) is 5.75 Å². The summed E-state index contributed by atoms with van der Waals surface area (Å²) >= 11 is 0. The first-order valence-corrected chi connectivity index (χ1v) is 11.2. The van der Waals surface area contributed by atoms with Gasteiger partial charge in [0.15, 0.2) is 9.84 Å². The first-order chi connectivity index (χ1) is 15.5. The van der Waals surface area contributed by atoms with Crippen LogP contribution in [0.4, 0.5) is 10.1 Å². The van der Waals surface area contributed by atoms with Gasteiger partial charge in [0.25, 0.3) is 0 Å². The van der Waals surface area contributed by atoms with Crippen LogP contribution in [0.3, 0.4) is 0 Å². The van der Waals surface area contributed by atoms with Gasteiger partial charge >= 0.3 is 11.9 Å². The Bertz CT molecular complexity index is 1310. The fourth-order valence-electron chi connectivity index (χ4n) is 3.17. The summed E-state index contributed by atoms with van der Waals surface area (Å²) in [5.41, 5.74) is 1.73. The molecule has 3 N–H and O–H groups in total. The van der Waals surface area contributed by atoms with Crippen LogP contribution in [0.25, 0.3) is 0 Å². The highest BCUT2D eigenvalue weighted by molar-refractivity contribution is 7.90. The number of nitrogens with one attached hydrogen (secondary N) is 1. The summed E-state index contributed by atoms with van der Waals surface area (Å²) in [6, 6.07) is 11.8. The van der Waals surface area contributed by atoms with Crippen molar-refractivity contribution in [2.75, 3.05) is 5.32 Å². The summed E-state index contributed by atoms with van der Waals surface area (Å²) in [5.74, 6) is -3.69. The summed E-state index contributed by atoms with van der Waals surface area (Å²) in [7, 11) is -3.98. The van der Waals surface area contributed by atoms with Gasteiger partial charge in [-0.1, -0.05) is 12.1 Å². The van der Waals surface area contributed by atoms with Gasteiger partial charge in [-0.15, -0.1) is 0 Å². The molecule has 0 aromatic heterocycles. The molecule has 0 radical (unpaired) electrons. The molecule has 0 saturated carbocycles. The number of phenolic OH excluding ortho intramolecular Hbond substituents is 1. The van der Waals surface area contributed by atoms with Crippen molar-refractivity contribution in [1.82, 2.24) is 0 Å². The number of phenols is 1. The highest BCUT2D eigenvalue weighted by atomic mass is 32.2. The fourth-order valence-corrected chi connectivity index (χ4v) is 4.64. The van der Waals surface area contributed by atoms with E-state index in [1.54, 1.807) is 13.8 Å². The predicted molar refractivity (Wildman–Crippen MR) is 118 cm³/mol. The number of carbonyl (C=O) groups is 2. The monoisotopic (exact) mass is 473 g/mol. The molecule has 0 bridgehead atoms. The van der Waals surface area contributed by atoms with E-state index in [4.69, 9.17) is 9.84 Å².